The summed E-state index contributed by atoms with van der Waals surface area (Å²) in [6, 6.07) is 5.47. The lowest BCUT2D eigenvalue weighted by Gasteiger charge is -2.02. The van der Waals surface area contributed by atoms with Crippen LogP contribution in [-0.4, -0.2) is 13.3 Å². The molecule has 1 aromatic rings. The Labute approximate surface area is 73.7 Å². The Morgan fingerprint density at radius 2 is 2.27 bits per heavy atom. The van der Waals surface area contributed by atoms with Crippen LogP contribution in [0.2, 0.25) is 0 Å². The van der Waals surface area contributed by atoms with Crippen LogP contribution >= 0.6 is 15.9 Å². The first-order chi connectivity index (χ1) is 5.27. The second kappa shape index (κ2) is 3.53. The molecule has 0 heterocycles. The van der Waals surface area contributed by atoms with Crippen molar-refractivity contribution in [1.82, 2.24) is 0 Å². The summed E-state index contributed by atoms with van der Waals surface area (Å²) >= 11 is 3.31. The molecule has 1 aromatic carbocycles. The Morgan fingerprint density at radius 1 is 1.55 bits per heavy atom. The van der Waals surface area contributed by atoms with E-state index in [1.807, 2.05) is 12.1 Å². The number of halogens is 1. The summed E-state index contributed by atoms with van der Waals surface area (Å²) in [6.07, 6.45) is 0.832. The standard InChI is InChI=1S/C8H8BrNO/c1-10-8-4-7(9)3-2-6(8)5-11/h2-5,10H,1H3. The van der Waals surface area contributed by atoms with Gasteiger partial charge in [0.2, 0.25) is 0 Å². The van der Waals surface area contributed by atoms with E-state index in [4.69, 9.17) is 0 Å². The summed E-state index contributed by atoms with van der Waals surface area (Å²) < 4.78 is 0.965. The van der Waals surface area contributed by atoms with Crippen LogP contribution in [0.5, 0.6) is 0 Å². The molecule has 0 atom stereocenters. The SMILES string of the molecule is CNc1cc(Br)ccc1C=O. The van der Waals surface area contributed by atoms with Crippen molar-refractivity contribution in [3.8, 4) is 0 Å². The highest BCUT2D eigenvalue weighted by atomic mass is 79.9. The van der Waals surface area contributed by atoms with E-state index >= 15 is 0 Å². The lowest BCUT2D eigenvalue weighted by atomic mass is 10.2. The molecule has 0 aliphatic carbocycles. The second-order valence-electron chi connectivity index (χ2n) is 2.10. The lowest BCUT2D eigenvalue weighted by Crippen LogP contribution is -1.93. The maximum absolute atomic E-state index is 10.4. The number of carbonyl (C=O) groups excluding carboxylic acids is 1. The van der Waals surface area contributed by atoms with Gasteiger partial charge in [-0.2, -0.15) is 0 Å². The lowest BCUT2D eigenvalue weighted by molar-refractivity contribution is 0.112. The average molecular weight is 214 g/mol. The average Bonchev–Trinajstić information content (AvgIpc) is 2.04. The monoisotopic (exact) mass is 213 g/mol. The van der Waals surface area contributed by atoms with Crippen LogP contribution in [0.25, 0.3) is 0 Å². The quantitative estimate of drug-likeness (QED) is 0.765. The minimum Gasteiger partial charge on any atom is -0.388 e. The number of carbonyl (C=O) groups is 1. The highest BCUT2D eigenvalue weighted by Crippen LogP contribution is 2.19. The zero-order valence-corrected chi connectivity index (χ0v) is 7.68. The van der Waals surface area contributed by atoms with Crippen molar-refractivity contribution in [3.63, 3.8) is 0 Å². The summed E-state index contributed by atoms with van der Waals surface area (Å²) in [5.74, 6) is 0. The van der Waals surface area contributed by atoms with Crippen molar-refractivity contribution in [2.45, 2.75) is 0 Å². The number of aldehydes is 1. The molecule has 0 bridgehead atoms. The molecule has 0 aliphatic heterocycles. The van der Waals surface area contributed by atoms with Crippen LogP contribution in [0, 0.1) is 0 Å². The van der Waals surface area contributed by atoms with Gasteiger partial charge in [0.1, 0.15) is 0 Å². The van der Waals surface area contributed by atoms with Crippen LogP contribution < -0.4 is 5.32 Å². The van der Waals surface area contributed by atoms with Crippen molar-refractivity contribution < 1.29 is 4.79 Å². The molecule has 3 heteroatoms. The van der Waals surface area contributed by atoms with Crippen molar-refractivity contribution >= 4 is 27.9 Å². The van der Waals surface area contributed by atoms with Crippen molar-refractivity contribution in [1.29, 1.82) is 0 Å². The van der Waals surface area contributed by atoms with Crippen LogP contribution in [0.15, 0.2) is 22.7 Å². The molecule has 0 spiro atoms. The Bertz CT molecular complexity index is 273. The maximum Gasteiger partial charge on any atom is 0.152 e. The van der Waals surface area contributed by atoms with E-state index in [0.717, 1.165) is 16.4 Å². The molecule has 58 valence electrons. The van der Waals surface area contributed by atoms with Gasteiger partial charge in [-0.1, -0.05) is 15.9 Å². The molecule has 1 N–H and O–H groups in total. The van der Waals surface area contributed by atoms with Gasteiger partial charge in [-0.3, -0.25) is 4.79 Å². The Hall–Kier alpha value is -0.830. The molecular formula is C8H8BrNO. The number of hydrogen-bond acceptors (Lipinski definition) is 2. The molecule has 0 unspecified atom stereocenters. The van der Waals surface area contributed by atoms with Gasteiger partial charge < -0.3 is 5.32 Å². The number of benzene rings is 1. The zero-order valence-electron chi connectivity index (χ0n) is 6.10. The van der Waals surface area contributed by atoms with Crippen LogP contribution in [-0.2, 0) is 0 Å². The van der Waals surface area contributed by atoms with E-state index in [9.17, 15) is 4.79 Å². The van der Waals surface area contributed by atoms with Crippen LogP contribution in [0.3, 0.4) is 0 Å². The Kier molecular flexibility index (Phi) is 2.65. The molecule has 0 fully saturated rings. The minimum atomic E-state index is 0.677. The fourth-order valence-corrected chi connectivity index (χ4v) is 1.21. The maximum atomic E-state index is 10.4. The van der Waals surface area contributed by atoms with E-state index in [0.29, 0.717) is 5.56 Å². The molecule has 11 heavy (non-hydrogen) atoms. The van der Waals surface area contributed by atoms with Crippen LogP contribution in [0.1, 0.15) is 10.4 Å². The van der Waals surface area contributed by atoms with E-state index in [1.54, 1.807) is 13.1 Å². The first kappa shape index (κ1) is 8.27. The van der Waals surface area contributed by atoms with Gasteiger partial charge in [0.25, 0.3) is 0 Å². The van der Waals surface area contributed by atoms with Crippen molar-refractivity contribution in [2.75, 3.05) is 12.4 Å². The molecule has 0 aliphatic rings. The second-order valence-corrected chi connectivity index (χ2v) is 3.02. The Morgan fingerprint density at radius 3 is 2.82 bits per heavy atom. The molecule has 0 saturated carbocycles. The molecule has 0 aromatic heterocycles. The van der Waals surface area contributed by atoms with Gasteiger partial charge in [-0.25, -0.2) is 0 Å². The van der Waals surface area contributed by atoms with Crippen molar-refractivity contribution in [3.05, 3.63) is 28.2 Å². The predicted octanol–water partition coefficient (Wildman–Crippen LogP) is 2.30. The fourth-order valence-electron chi connectivity index (χ4n) is 0.848. The van der Waals surface area contributed by atoms with Gasteiger partial charge in [-0.15, -0.1) is 0 Å². The largest absolute Gasteiger partial charge is 0.388 e. The number of hydrogen-bond donors (Lipinski definition) is 1. The molecule has 0 amide bonds. The van der Waals surface area contributed by atoms with E-state index < -0.39 is 0 Å². The summed E-state index contributed by atoms with van der Waals surface area (Å²) in [7, 11) is 1.79. The third kappa shape index (κ3) is 1.80. The summed E-state index contributed by atoms with van der Waals surface area (Å²) in [5.41, 5.74) is 1.52. The normalized spacial score (nSPS) is 9.27. The van der Waals surface area contributed by atoms with Gasteiger partial charge in [0.05, 0.1) is 0 Å². The number of anilines is 1. The van der Waals surface area contributed by atoms with Gasteiger partial charge in [0, 0.05) is 22.8 Å². The fraction of sp³-hybridized carbons (Fsp3) is 0.125. The summed E-state index contributed by atoms with van der Waals surface area (Å²) in [5, 5.41) is 2.93. The number of rotatable bonds is 2. The van der Waals surface area contributed by atoms with Crippen LogP contribution in [0.4, 0.5) is 5.69 Å². The van der Waals surface area contributed by atoms with Crippen molar-refractivity contribution in [2.24, 2.45) is 0 Å². The summed E-state index contributed by atoms with van der Waals surface area (Å²) in [6.45, 7) is 0. The zero-order chi connectivity index (χ0) is 8.27. The van der Waals surface area contributed by atoms with Gasteiger partial charge >= 0.3 is 0 Å². The first-order valence-corrected chi connectivity index (χ1v) is 3.99. The molecule has 2 nitrogen and oxygen atoms in total. The first-order valence-electron chi connectivity index (χ1n) is 3.20. The van der Waals surface area contributed by atoms with Gasteiger partial charge in [0.15, 0.2) is 6.29 Å². The summed E-state index contributed by atoms with van der Waals surface area (Å²) in [4.78, 5) is 10.4. The Balaban J connectivity index is 3.16. The predicted molar refractivity (Wildman–Crippen MR) is 49.1 cm³/mol. The molecule has 0 saturated heterocycles. The highest BCUT2D eigenvalue weighted by molar-refractivity contribution is 9.10. The van der Waals surface area contributed by atoms with Gasteiger partial charge in [-0.05, 0) is 18.2 Å². The third-order valence-corrected chi connectivity index (χ3v) is 1.90. The highest BCUT2D eigenvalue weighted by Gasteiger charge is 1.98. The van der Waals surface area contributed by atoms with E-state index in [-0.39, 0.29) is 0 Å². The third-order valence-electron chi connectivity index (χ3n) is 1.41. The van der Waals surface area contributed by atoms with E-state index in [2.05, 4.69) is 21.2 Å². The minimum absolute atomic E-state index is 0.677. The molecule has 1 rings (SSSR count). The van der Waals surface area contributed by atoms with E-state index in [1.165, 1.54) is 0 Å². The topological polar surface area (TPSA) is 29.1 Å². The number of nitrogens with one attached hydrogen (secondary N) is 1. The molecular weight excluding hydrogens is 206 g/mol. The smallest absolute Gasteiger partial charge is 0.152 e. The molecule has 0 radical (unpaired) electrons.